The summed E-state index contributed by atoms with van der Waals surface area (Å²) in [4.78, 5) is 22.0. The van der Waals surface area contributed by atoms with Crippen LogP contribution in [0.1, 0.15) is 28.7 Å². The van der Waals surface area contributed by atoms with Crippen molar-refractivity contribution in [2.24, 2.45) is 0 Å². The van der Waals surface area contributed by atoms with Gasteiger partial charge in [-0.15, -0.1) is 0 Å². The van der Waals surface area contributed by atoms with Crippen LogP contribution in [0.5, 0.6) is 5.75 Å². The smallest absolute Gasteiger partial charge is 0.273 e. The highest BCUT2D eigenvalue weighted by Gasteiger charge is 2.17. The highest BCUT2D eigenvalue weighted by atomic mass is 16.6. The number of carbonyl (C=O) groups is 1. The third kappa shape index (κ3) is 3.60. The first kappa shape index (κ1) is 15.5. The van der Waals surface area contributed by atoms with Crippen LogP contribution in [0.25, 0.3) is 0 Å². The molecule has 1 amide bonds. The molecule has 0 aliphatic heterocycles. The number of amides is 1. The maximum absolute atomic E-state index is 12.1. The van der Waals surface area contributed by atoms with Crippen molar-refractivity contribution < 1.29 is 14.8 Å². The van der Waals surface area contributed by atoms with Crippen LogP contribution in [0.4, 0.5) is 5.69 Å². The lowest BCUT2D eigenvalue weighted by Crippen LogP contribution is -2.34. The molecule has 1 aromatic carbocycles. The van der Waals surface area contributed by atoms with Gasteiger partial charge in [-0.25, -0.2) is 0 Å². The fourth-order valence-electron chi connectivity index (χ4n) is 2.07. The van der Waals surface area contributed by atoms with E-state index >= 15 is 0 Å². The number of hydrogen-bond donors (Lipinski definition) is 3. The lowest BCUT2D eigenvalue weighted by atomic mass is 10.1. The number of non-ortho nitro benzene ring substituents is 1. The lowest BCUT2D eigenvalue weighted by molar-refractivity contribution is -0.384. The molecule has 8 nitrogen and oxygen atoms in total. The maximum atomic E-state index is 12.1. The summed E-state index contributed by atoms with van der Waals surface area (Å²) in [6.45, 7) is 3.69. The number of nitrogens with zero attached hydrogens (tertiary/aromatic N) is 2. The summed E-state index contributed by atoms with van der Waals surface area (Å²) in [5, 5.41) is 30.0. The van der Waals surface area contributed by atoms with E-state index in [9.17, 15) is 20.0 Å². The third-order valence-electron chi connectivity index (χ3n) is 3.09. The molecule has 0 aliphatic rings. The van der Waals surface area contributed by atoms with Crippen molar-refractivity contribution in [1.29, 1.82) is 0 Å². The number of rotatable bonds is 5. The van der Waals surface area contributed by atoms with Gasteiger partial charge >= 0.3 is 0 Å². The Morgan fingerprint density at radius 3 is 2.77 bits per heavy atom. The van der Waals surface area contributed by atoms with Gasteiger partial charge in [0.1, 0.15) is 5.75 Å². The largest absolute Gasteiger partial charge is 0.507 e. The number of H-pyrrole nitrogens is 1. The predicted octanol–water partition coefficient (Wildman–Crippen LogP) is 1.69. The molecule has 0 saturated heterocycles. The van der Waals surface area contributed by atoms with Gasteiger partial charge in [0, 0.05) is 24.2 Å². The number of aromatic nitrogens is 2. The van der Waals surface area contributed by atoms with Crippen molar-refractivity contribution >= 4 is 11.6 Å². The minimum Gasteiger partial charge on any atom is -0.507 e. The molecule has 0 unspecified atom stereocenters. The Balaban J connectivity index is 2.03. The van der Waals surface area contributed by atoms with E-state index in [0.29, 0.717) is 6.42 Å². The zero-order chi connectivity index (χ0) is 16.3. The van der Waals surface area contributed by atoms with Crippen molar-refractivity contribution in [2.45, 2.75) is 26.3 Å². The summed E-state index contributed by atoms with van der Waals surface area (Å²) >= 11 is 0. The van der Waals surface area contributed by atoms with Gasteiger partial charge in [0.05, 0.1) is 22.2 Å². The topological polar surface area (TPSA) is 121 Å². The Kier molecular flexibility index (Phi) is 4.40. The first-order valence-corrected chi connectivity index (χ1v) is 6.66. The summed E-state index contributed by atoms with van der Waals surface area (Å²) in [5.41, 5.74) is 1.48. The number of aromatic hydroxyl groups is 1. The van der Waals surface area contributed by atoms with Gasteiger partial charge < -0.3 is 10.4 Å². The van der Waals surface area contributed by atoms with Gasteiger partial charge in [0.2, 0.25) is 0 Å². The van der Waals surface area contributed by atoms with E-state index < -0.39 is 16.6 Å². The molecule has 0 radical (unpaired) electrons. The summed E-state index contributed by atoms with van der Waals surface area (Å²) in [5.74, 6) is -0.915. The summed E-state index contributed by atoms with van der Waals surface area (Å²) < 4.78 is 0. The van der Waals surface area contributed by atoms with Crippen LogP contribution in [0.3, 0.4) is 0 Å². The first-order valence-electron chi connectivity index (χ1n) is 6.66. The maximum Gasteiger partial charge on any atom is 0.273 e. The fraction of sp³-hybridized carbons (Fsp3) is 0.286. The van der Waals surface area contributed by atoms with Gasteiger partial charge in [0.25, 0.3) is 11.6 Å². The van der Waals surface area contributed by atoms with E-state index in [1.165, 1.54) is 12.1 Å². The molecule has 22 heavy (non-hydrogen) atoms. The summed E-state index contributed by atoms with van der Waals surface area (Å²) in [6, 6.07) is 5.04. The zero-order valence-electron chi connectivity index (χ0n) is 12.2. The van der Waals surface area contributed by atoms with E-state index in [-0.39, 0.29) is 17.3 Å². The molecule has 116 valence electrons. The molecule has 8 heteroatoms. The van der Waals surface area contributed by atoms with Crippen molar-refractivity contribution in [3.05, 3.63) is 51.3 Å². The van der Waals surface area contributed by atoms with Crippen LogP contribution in [0.2, 0.25) is 0 Å². The summed E-state index contributed by atoms with van der Waals surface area (Å²) in [7, 11) is 0. The monoisotopic (exact) mass is 304 g/mol. The predicted molar refractivity (Wildman–Crippen MR) is 78.7 cm³/mol. The Morgan fingerprint density at radius 2 is 2.23 bits per heavy atom. The highest BCUT2D eigenvalue weighted by Crippen LogP contribution is 2.23. The molecule has 0 spiro atoms. The molecular formula is C14H16N4O4. The van der Waals surface area contributed by atoms with Crippen LogP contribution in [-0.2, 0) is 6.42 Å². The molecule has 1 heterocycles. The first-order chi connectivity index (χ1) is 10.4. The van der Waals surface area contributed by atoms with Crippen LogP contribution in [0.15, 0.2) is 24.3 Å². The number of phenols is 1. The van der Waals surface area contributed by atoms with Crippen molar-refractivity contribution in [3.8, 4) is 5.75 Å². The van der Waals surface area contributed by atoms with E-state index in [1.54, 1.807) is 0 Å². The number of hydrogen-bond acceptors (Lipinski definition) is 5. The lowest BCUT2D eigenvalue weighted by Gasteiger charge is -2.13. The minimum atomic E-state index is -0.635. The van der Waals surface area contributed by atoms with E-state index in [0.717, 1.165) is 17.5 Å². The number of carbonyl (C=O) groups excluding carboxylic acids is 1. The van der Waals surface area contributed by atoms with Crippen molar-refractivity contribution in [3.63, 3.8) is 0 Å². The standard InChI is InChI=1S/C14H16N4O4/c1-8(5-10-6-9(2)16-17-10)15-14(20)12-4-3-11(18(21)22)7-13(12)19/h3-4,6-8,19H,5H2,1-2H3,(H,15,20)(H,16,17)/t8-/m0/s1. The SMILES string of the molecule is Cc1cc(C[C@H](C)NC(=O)c2ccc([N+](=O)[O-])cc2O)n[nH]1. The number of benzene rings is 1. The molecule has 3 N–H and O–H groups in total. The number of nitro groups is 1. The Labute approximate surface area is 126 Å². The van der Waals surface area contributed by atoms with Gasteiger partial charge in [0.15, 0.2) is 0 Å². The highest BCUT2D eigenvalue weighted by molar-refractivity contribution is 5.97. The Hall–Kier alpha value is -2.90. The second-order valence-corrected chi connectivity index (χ2v) is 5.08. The average Bonchev–Trinajstić information content (AvgIpc) is 2.83. The zero-order valence-corrected chi connectivity index (χ0v) is 12.2. The third-order valence-corrected chi connectivity index (χ3v) is 3.09. The molecule has 2 rings (SSSR count). The van der Waals surface area contributed by atoms with E-state index in [1.807, 2.05) is 19.9 Å². The van der Waals surface area contributed by atoms with Crippen LogP contribution >= 0.6 is 0 Å². The molecule has 0 bridgehead atoms. The second-order valence-electron chi connectivity index (χ2n) is 5.08. The quantitative estimate of drug-likeness (QED) is 0.573. The second kappa shape index (κ2) is 6.25. The Morgan fingerprint density at radius 1 is 1.50 bits per heavy atom. The number of aryl methyl sites for hydroxylation is 1. The number of phenolic OH excluding ortho intramolecular Hbond substituents is 1. The summed E-state index contributed by atoms with van der Waals surface area (Å²) in [6.07, 6.45) is 0.532. The molecule has 1 aromatic heterocycles. The average molecular weight is 304 g/mol. The minimum absolute atomic E-state index is 0.00402. The van der Waals surface area contributed by atoms with E-state index in [4.69, 9.17) is 0 Å². The van der Waals surface area contributed by atoms with Crippen molar-refractivity contribution in [2.75, 3.05) is 0 Å². The van der Waals surface area contributed by atoms with Gasteiger partial charge in [-0.3, -0.25) is 20.0 Å². The normalized spacial score (nSPS) is 11.9. The molecular weight excluding hydrogens is 288 g/mol. The van der Waals surface area contributed by atoms with Crippen molar-refractivity contribution in [1.82, 2.24) is 15.5 Å². The molecule has 1 atom stereocenters. The van der Waals surface area contributed by atoms with Gasteiger partial charge in [-0.1, -0.05) is 0 Å². The van der Waals surface area contributed by atoms with Crippen LogP contribution in [0, 0.1) is 17.0 Å². The molecule has 2 aromatic rings. The fourth-order valence-corrected chi connectivity index (χ4v) is 2.07. The Bertz CT molecular complexity index is 711. The molecule has 0 aliphatic carbocycles. The number of nitro benzene ring substituents is 1. The van der Waals surface area contributed by atoms with Gasteiger partial charge in [-0.2, -0.15) is 5.10 Å². The van der Waals surface area contributed by atoms with E-state index in [2.05, 4.69) is 15.5 Å². The molecule has 0 fully saturated rings. The molecule has 0 saturated carbocycles. The number of aromatic amines is 1. The number of nitrogens with one attached hydrogen (secondary N) is 2. The van der Waals surface area contributed by atoms with Crippen LogP contribution in [-0.4, -0.2) is 32.2 Å². The van der Waals surface area contributed by atoms with Gasteiger partial charge in [-0.05, 0) is 26.0 Å². The van der Waals surface area contributed by atoms with Crippen LogP contribution < -0.4 is 5.32 Å².